The van der Waals surface area contributed by atoms with Crippen molar-refractivity contribution in [3.63, 3.8) is 0 Å². The van der Waals surface area contributed by atoms with Gasteiger partial charge in [0.1, 0.15) is 60.4 Å². The summed E-state index contributed by atoms with van der Waals surface area (Å²) < 4.78 is 0. The summed E-state index contributed by atoms with van der Waals surface area (Å²) in [5.41, 5.74) is 0.430. The highest BCUT2D eigenvalue weighted by Gasteiger charge is 2.43. The molecule has 1 heterocycles. The first-order valence-electron chi connectivity index (χ1n) is 30.2. The Kier molecular flexibility index (Phi) is 29.4. The molecule has 2 rings (SSSR count). The predicted octanol–water partition coefficient (Wildman–Crippen LogP) is 2.90. The van der Waals surface area contributed by atoms with Gasteiger partial charge in [-0.1, -0.05) is 102 Å². The predicted molar refractivity (Wildman–Crippen MR) is 326 cm³/mol. The van der Waals surface area contributed by atoms with Crippen LogP contribution >= 0.6 is 0 Å². The van der Waals surface area contributed by atoms with E-state index in [2.05, 4.69) is 26.6 Å². The number of hydrogen-bond donors (Lipinski definition) is 6. The van der Waals surface area contributed by atoms with Crippen molar-refractivity contribution >= 4 is 70.9 Å². The lowest BCUT2D eigenvalue weighted by Gasteiger charge is -2.39. The van der Waals surface area contributed by atoms with Crippen molar-refractivity contribution in [2.24, 2.45) is 35.5 Å². The van der Waals surface area contributed by atoms with Gasteiger partial charge in [-0.3, -0.25) is 52.7 Å². The third-order valence-electron chi connectivity index (χ3n) is 15.8. The molecular formula is C62H103N11O13. The Labute approximate surface area is 510 Å². The molecule has 0 bridgehead atoms. The number of hydrogen-bond acceptors (Lipinski definition) is 12. The van der Waals surface area contributed by atoms with Crippen molar-refractivity contribution < 1.29 is 62.6 Å². The molecule has 0 radical (unpaired) electrons. The molecule has 0 aromatic heterocycles. The molecule has 86 heavy (non-hydrogen) atoms. The molecule has 24 heteroatoms. The van der Waals surface area contributed by atoms with Crippen molar-refractivity contribution in [3.05, 3.63) is 35.4 Å². The van der Waals surface area contributed by atoms with Gasteiger partial charge in [0.05, 0.1) is 12.1 Å². The van der Waals surface area contributed by atoms with Crippen LogP contribution in [0.1, 0.15) is 152 Å². The van der Waals surface area contributed by atoms with E-state index in [0.29, 0.717) is 5.56 Å². The number of carbonyl (C=O) groups is 12. The van der Waals surface area contributed by atoms with Crippen LogP contribution in [0.3, 0.4) is 0 Å². The van der Waals surface area contributed by atoms with E-state index in [1.54, 1.807) is 34.6 Å². The highest BCUT2D eigenvalue weighted by molar-refractivity contribution is 5.99. The lowest BCUT2D eigenvalue weighted by molar-refractivity contribution is -0.153. The van der Waals surface area contributed by atoms with E-state index in [1.807, 2.05) is 55.4 Å². The first-order chi connectivity index (χ1) is 39.8. The third-order valence-corrected chi connectivity index (χ3v) is 15.8. The second kappa shape index (κ2) is 33.7. The Hall–Kier alpha value is -7.14. The van der Waals surface area contributed by atoms with Gasteiger partial charge in [0, 0.05) is 48.7 Å². The van der Waals surface area contributed by atoms with E-state index in [0.717, 1.165) is 4.90 Å². The lowest BCUT2D eigenvalue weighted by atomic mass is 9.96. The number of carboxylic acids is 1. The average Bonchev–Trinajstić information content (AvgIpc) is 1.26. The Morgan fingerprint density at radius 1 is 0.465 bits per heavy atom. The summed E-state index contributed by atoms with van der Waals surface area (Å²) in [5, 5.41) is 23.1. The smallest absolute Gasteiger partial charge is 0.335 e. The fraction of sp³-hybridized carbons (Fsp3) is 0.710. The minimum atomic E-state index is -1.36. The van der Waals surface area contributed by atoms with Crippen molar-refractivity contribution in [1.82, 2.24) is 56.0 Å². The van der Waals surface area contributed by atoms with E-state index < -0.39 is 150 Å². The Morgan fingerprint density at radius 3 is 1.30 bits per heavy atom. The lowest BCUT2D eigenvalue weighted by Crippen LogP contribution is -2.61. The molecule has 1 aliphatic rings. The van der Waals surface area contributed by atoms with Crippen molar-refractivity contribution in [1.29, 1.82) is 0 Å². The summed E-state index contributed by atoms with van der Waals surface area (Å²) in [5.74, 6) is -10.4. The van der Waals surface area contributed by atoms with Gasteiger partial charge in [-0.05, 0) is 99.2 Å². The van der Waals surface area contributed by atoms with Crippen LogP contribution < -0.4 is 26.6 Å². The highest BCUT2D eigenvalue weighted by Crippen LogP contribution is 2.24. The molecule has 0 aliphatic carbocycles. The second-order valence-corrected chi connectivity index (χ2v) is 25.6. The van der Waals surface area contributed by atoms with E-state index in [-0.39, 0.29) is 67.8 Å². The molecule has 1 fully saturated rings. The fourth-order valence-corrected chi connectivity index (χ4v) is 10.6. The van der Waals surface area contributed by atoms with Crippen LogP contribution in [0.15, 0.2) is 24.3 Å². The SMILES string of the molecule is CC[C@@H]1NC(=O)CNC(=O)[C@H](C(C)C)N(C)C(=O)[C@H](CC(C)C)N(C)C(=O)[C@H](CC(C)C)N(C)C(=O)[C@@H](C)NC(=O)[C@H](C)NC(=O)[C@H](CC(C)C)N(C)C(=O)[C@H](C(C)C)NC(=O)[C@H](CC(C)C)N(C)C(=O)C(Cc2ccc(C(=O)O)cc2)N(C)C1=O. The van der Waals surface area contributed by atoms with Crippen LogP contribution in [0.4, 0.5) is 0 Å². The number of carboxylic acid groups (broad SMARTS) is 1. The van der Waals surface area contributed by atoms with E-state index in [9.17, 15) is 57.8 Å². The molecule has 0 spiro atoms. The molecule has 1 unspecified atom stereocenters. The number of benzene rings is 1. The van der Waals surface area contributed by atoms with Crippen LogP contribution in [0.5, 0.6) is 0 Å². The summed E-state index contributed by atoms with van der Waals surface area (Å²) in [6.45, 7) is 25.6. The quantitative estimate of drug-likeness (QED) is 0.156. The molecule has 484 valence electrons. The molecule has 1 aromatic carbocycles. The van der Waals surface area contributed by atoms with Crippen LogP contribution in [0, 0.1) is 35.5 Å². The summed E-state index contributed by atoms with van der Waals surface area (Å²) in [6.07, 6.45) is 0.408. The molecule has 11 amide bonds. The molecule has 6 N–H and O–H groups in total. The molecule has 1 aromatic rings. The van der Waals surface area contributed by atoms with E-state index in [1.165, 1.54) is 105 Å². The van der Waals surface area contributed by atoms with Gasteiger partial charge in [-0.2, -0.15) is 0 Å². The molecule has 1 aliphatic heterocycles. The van der Waals surface area contributed by atoms with Gasteiger partial charge in [-0.25, -0.2) is 4.79 Å². The minimum Gasteiger partial charge on any atom is -0.478 e. The van der Waals surface area contributed by atoms with Crippen molar-refractivity contribution in [2.75, 3.05) is 48.8 Å². The summed E-state index contributed by atoms with van der Waals surface area (Å²) in [7, 11) is 8.51. The van der Waals surface area contributed by atoms with E-state index >= 15 is 4.79 Å². The van der Waals surface area contributed by atoms with Gasteiger partial charge in [0.25, 0.3) is 0 Å². The maximum Gasteiger partial charge on any atom is 0.335 e. The first-order valence-corrected chi connectivity index (χ1v) is 30.2. The number of nitrogens with zero attached hydrogens (tertiary/aromatic N) is 6. The van der Waals surface area contributed by atoms with Crippen molar-refractivity contribution in [3.8, 4) is 0 Å². The van der Waals surface area contributed by atoms with Gasteiger partial charge in [0.15, 0.2) is 0 Å². The molecular weight excluding hydrogens is 1110 g/mol. The number of aromatic carboxylic acids is 1. The van der Waals surface area contributed by atoms with Crippen molar-refractivity contribution in [2.45, 2.75) is 203 Å². The monoisotopic (exact) mass is 1210 g/mol. The topological polar surface area (TPSA) is 305 Å². The zero-order valence-electron chi connectivity index (χ0n) is 55.0. The number of rotatable bonds is 14. The van der Waals surface area contributed by atoms with Crippen LogP contribution in [0.2, 0.25) is 0 Å². The maximum atomic E-state index is 15.1. The summed E-state index contributed by atoms with van der Waals surface area (Å²) in [6, 6.07) is -6.42. The van der Waals surface area contributed by atoms with Crippen LogP contribution in [-0.4, -0.2) is 215 Å². The zero-order chi connectivity index (χ0) is 66.1. The van der Waals surface area contributed by atoms with Gasteiger partial charge < -0.3 is 61.1 Å². The average molecular weight is 1210 g/mol. The first kappa shape index (κ1) is 75.0. The Morgan fingerprint density at radius 2 is 0.860 bits per heavy atom. The van der Waals surface area contributed by atoms with Gasteiger partial charge in [0.2, 0.25) is 65.0 Å². The van der Waals surface area contributed by atoms with Crippen LogP contribution in [0.25, 0.3) is 0 Å². The largest absolute Gasteiger partial charge is 0.478 e. The molecule has 0 saturated carbocycles. The zero-order valence-corrected chi connectivity index (χ0v) is 55.0. The Bertz CT molecular complexity index is 2550. The fourth-order valence-electron chi connectivity index (χ4n) is 10.6. The number of nitrogens with one attached hydrogen (secondary N) is 5. The summed E-state index contributed by atoms with van der Waals surface area (Å²) in [4.78, 5) is 178. The minimum absolute atomic E-state index is 0.0222. The maximum absolute atomic E-state index is 15.1. The number of carbonyl (C=O) groups excluding carboxylic acids is 11. The Balaban J connectivity index is 2.93. The normalized spacial score (nSPS) is 25.6. The highest BCUT2D eigenvalue weighted by atomic mass is 16.4. The van der Waals surface area contributed by atoms with E-state index in [4.69, 9.17) is 0 Å². The molecule has 24 nitrogen and oxygen atoms in total. The summed E-state index contributed by atoms with van der Waals surface area (Å²) >= 11 is 0. The standard InChI is InChI=1S/C62H103N11O13/c1-22-43-57(80)71(19)48(31-41-23-25-42(26-24-41)62(85)86)59(82)68(16)45(28-34(4)5)54(77)67-50(37(10)11)61(84)69(17)44(27-33(2)3)53(76)64-39(14)52(75)65-40(15)56(79)70(18)46(29-35(6)7)58(81)72(20)47(30-36(8)9)60(83)73(21)51(38(12)13)55(78)63-32-49(74)66-43/h23-26,33-40,43-48,50-51H,22,27-32H2,1-21H3,(H,63,78)(H,64,76)(H,65,75)(H,66,74)(H,67,77)(H,85,86)/t39-,40+,43-,44-,45-,46-,47-,48?,50-,51-/m0/s1. The molecule has 1 saturated heterocycles. The second-order valence-electron chi connectivity index (χ2n) is 25.6. The molecule has 10 atom stereocenters. The third kappa shape index (κ3) is 20.8. The van der Waals surface area contributed by atoms with Gasteiger partial charge >= 0.3 is 5.97 Å². The number of likely N-dealkylation sites (N-methyl/N-ethyl adjacent to an activating group) is 6. The van der Waals surface area contributed by atoms with Gasteiger partial charge in [-0.15, -0.1) is 0 Å². The van der Waals surface area contributed by atoms with Crippen LogP contribution in [-0.2, 0) is 59.2 Å². The number of amides is 11.